The van der Waals surface area contributed by atoms with E-state index in [9.17, 15) is 4.79 Å². The first-order chi connectivity index (χ1) is 7.31. The van der Waals surface area contributed by atoms with Crippen molar-refractivity contribution in [2.24, 2.45) is 11.1 Å². The minimum Gasteiger partial charge on any atom is -0.444 e. The minimum absolute atomic E-state index is 0.0465. The van der Waals surface area contributed by atoms with Crippen molar-refractivity contribution in [3.05, 3.63) is 0 Å². The molecule has 0 heterocycles. The first kappa shape index (κ1) is 16.2. The maximum atomic E-state index is 11.5. The van der Waals surface area contributed by atoms with Crippen LogP contribution in [0, 0.1) is 5.41 Å². The first-order valence-corrected chi connectivity index (χ1v) is 6.07. The normalized spacial score (nSPS) is 13.4. The fraction of sp³-hybridized carbons (Fsp3) is 0.923. The topological polar surface area (TPSA) is 64.3 Å². The largest absolute Gasteiger partial charge is 0.444 e. The molecule has 0 aromatic heterocycles. The number of alkyl carbamates (subject to hydrolysis) is 1. The maximum absolute atomic E-state index is 11.5. The van der Waals surface area contributed by atoms with Gasteiger partial charge < -0.3 is 15.8 Å². The molecule has 0 aliphatic carbocycles. The van der Waals surface area contributed by atoms with Crippen LogP contribution in [0.3, 0.4) is 0 Å². The number of hydrogen-bond acceptors (Lipinski definition) is 3. The summed E-state index contributed by atoms with van der Waals surface area (Å²) in [6.45, 7) is 14.2. The lowest BCUT2D eigenvalue weighted by Gasteiger charge is -2.32. The van der Waals surface area contributed by atoms with Gasteiger partial charge in [-0.15, -0.1) is 0 Å². The monoisotopic (exact) mass is 244 g/mol. The van der Waals surface area contributed by atoms with Gasteiger partial charge >= 0.3 is 6.09 Å². The van der Waals surface area contributed by atoms with Crippen molar-refractivity contribution in [3.8, 4) is 0 Å². The molecule has 0 saturated heterocycles. The summed E-state index contributed by atoms with van der Waals surface area (Å²) < 4.78 is 5.18. The minimum atomic E-state index is -0.457. The fourth-order valence-corrected chi connectivity index (χ4v) is 1.92. The number of nitrogens with two attached hydrogens (primary N) is 1. The second kappa shape index (κ2) is 5.25. The van der Waals surface area contributed by atoms with Crippen LogP contribution in [0.2, 0.25) is 0 Å². The molecule has 4 nitrogen and oxygen atoms in total. The molecule has 0 aromatic rings. The molecular weight excluding hydrogens is 216 g/mol. The van der Waals surface area contributed by atoms with E-state index in [4.69, 9.17) is 10.5 Å². The molecule has 17 heavy (non-hydrogen) atoms. The van der Waals surface area contributed by atoms with Gasteiger partial charge in [0.15, 0.2) is 0 Å². The van der Waals surface area contributed by atoms with E-state index in [0.29, 0.717) is 6.54 Å². The van der Waals surface area contributed by atoms with Crippen LogP contribution in [-0.4, -0.2) is 23.8 Å². The van der Waals surface area contributed by atoms with Crippen molar-refractivity contribution in [3.63, 3.8) is 0 Å². The Morgan fingerprint density at radius 1 is 1.12 bits per heavy atom. The quantitative estimate of drug-likeness (QED) is 0.799. The average molecular weight is 244 g/mol. The van der Waals surface area contributed by atoms with Gasteiger partial charge in [0.2, 0.25) is 0 Å². The van der Waals surface area contributed by atoms with Crippen LogP contribution in [0.25, 0.3) is 0 Å². The maximum Gasteiger partial charge on any atom is 0.407 e. The smallest absolute Gasteiger partial charge is 0.407 e. The lowest BCUT2D eigenvalue weighted by molar-refractivity contribution is 0.0499. The van der Waals surface area contributed by atoms with E-state index in [-0.39, 0.29) is 17.0 Å². The van der Waals surface area contributed by atoms with Crippen LogP contribution >= 0.6 is 0 Å². The Bertz CT molecular complexity index is 260. The molecule has 0 saturated carbocycles. The van der Waals surface area contributed by atoms with Gasteiger partial charge in [0.25, 0.3) is 0 Å². The lowest BCUT2D eigenvalue weighted by Crippen LogP contribution is -2.43. The van der Waals surface area contributed by atoms with Crippen molar-refractivity contribution in [1.82, 2.24) is 5.32 Å². The van der Waals surface area contributed by atoms with Gasteiger partial charge in [-0.05, 0) is 46.5 Å². The van der Waals surface area contributed by atoms with E-state index in [0.717, 1.165) is 6.42 Å². The van der Waals surface area contributed by atoms with Gasteiger partial charge in [-0.2, -0.15) is 0 Å². The third-order valence-electron chi connectivity index (χ3n) is 2.04. The van der Waals surface area contributed by atoms with Gasteiger partial charge in [-0.3, -0.25) is 0 Å². The van der Waals surface area contributed by atoms with Gasteiger partial charge in [-0.25, -0.2) is 4.79 Å². The van der Waals surface area contributed by atoms with Crippen LogP contribution in [-0.2, 0) is 4.74 Å². The summed E-state index contributed by atoms with van der Waals surface area (Å²) in [5.41, 5.74) is 5.25. The molecular formula is C13H28N2O2. The summed E-state index contributed by atoms with van der Waals surface area (Å²) in [5, 5.41) is 2.79. The summed E-state index contributed by atoms with van der Waals surface area (Å²) in [4.78, 5) is 11.5. The molecule has 0 bridgehead atoms. The highest BCUT2D eigenvalue weighted by molar-refractivity contribution is 5.67. The second-order valence-electron chi connectivity index (χ2n) is 7.19. The summed E-state index contributed by atoms with van der Waals surface area (Å²) in [6.07, 6.45) is 0.455. The number of nitrogens with one attached hydrogen (secondary N) is 1. The summed E-state index contributed by atoms with van der Waals surface area (Å²) in [5.74, 6) is 0. The highest BCUT2D eigenvalue weighted by Crippen LogP contribution is 2.25. The zero-order valence-electron chi connectivity index (χ0n) is 12.3. The molecule has 0 spiro atoms. The predicted octanol–water partition coefficient (Wildman–Crippen LogP) is 2.66. The average Bonchev–Trinajstić information content (AvgIpc) is 1.92. The van der Waals surface area contributed by atoms with E-state index >= 15 is 0 Å². The number of amides is 1. The fourth-order valence-electron chi connectivity index (χ4n) is 1.92. The molecule has 0 fully saturated rings. The highest BCUT2D eigenvalue weighted by atomic mass is 16.6. The van der Waals surface area contributed by atoms with E-state index in [2.05, 4.69) is 19.2 Å². The van der Waals surface area contributed by atoms with Crippen LogP contribution < -0.4 is 11.1 Å². The standard InChI is InChI=1S/C13H28N2O2/c1-11(2,3)17-10(16)15-9-12(4,5)8-13(6,7)14/h8-9,14H2,1-7H3,(H,15,16). The molecule has 4 heteroatoms. The molecule has 3 N–H and O–H groups in total. The molecule has 0 radical (unpaired) electrons. The zero-order chi connectivity index (χ0) is 13.9. The number of carbonyl (C=O) groups excluding carboxylic acids is 1. The number of carbonyl (C=O) groups is 1. The van der Waals surface area contributed by atoms with Crippen molar-refractivity contribution >= 4 is 6.09 Å². The third-order valence-corrected chi connectivity index (χ3v) is 2.04. The van der Waals surface area contributed by atoms with Crippen molar-refractivity contribution < 1.29 is 9.53 Å². The summed E-state index contributed by atoms with van der Waals surface area (Å²) >= 11 is 0. The van der Waals surface area contributed by atoms with Crippen molar-refractivity contribution in [2.75, 3.05) is 6.54 Å². The molecule has 1 amide bonds. The molecule has 0 aromatic carbocycles. The van der Waals surface area contributed by atoms with Crippen LogP contribution in [0.4, 0.5) is 4.79 Å². The number of ether oxygens (including phenoxy) is 1. The number of hydrogen-bond donors (Lipinski definition) is 2. The zero-order valence-corrected chi connectivity index (χ0v) is 12.3. The van der Waals surface area contributed by atoms with Crippen molar-refractivity contribution in [2.45, 2.75) is 66.0 Å². The molecule has 0 aliphatic rings. The van der Waals surface area contributed by atoms with E-state index in [1.54, 1.807) is 0 Å². The molecule has 102 valence electrons. The van der Waals surface area contributed by atoms with Gasteiger partial charge in [0.1, 0.15) is 5.60 Å². The van der Waals surface area contributed by atoms with E-state index in [1.165, 1.54) is 0 Å². The predicted molar refractivity (Wildman–Crippen MR) is 70.9 cm³/mol. The van der Waals surface area contributed by atoms with Gasteiger partial charge in [0, 0.05) is 12.1 Å². The van der Waals surface area contributed by atoms with Gasteiger partial charge in [0.05, 0.1) is 0 Å². The highest BCUT2D eigenvalue weighted by Gasteiger charge is 2.27. The Hall–Kier alpha value is -0.770. The first-order valence-electron chi connectivity index (χ1n) is 6.07. The Kier molecular flexibility index (Phi) is 5.02. The summed E-state index contributed by atoms with van der Waals surface area (Å²) in [6, 6.07) is 0. The van der Waals surface area contributed by atoms with Crippen molar-refractivity contribution in [1.29, 1.82) is 0 Å². The van der Waals surface area contributed by atoms with Crippen LogP contribution in [0.15, 0.2) is 0 Å². The molecule has 0 rings (SSSR count). The SMILES string of the molecule is CC(C)(N)CC(C)(C)CNC(=O)OC(C)(C)C. The van der Waals surface area contributed by atoms with Crippen LogP contribution in [0.1, 0.15) is 54.9 Å². The van der Waals surface area contributed by atoms with Crippen LogP contribution in [0.5, 0.6) is 0 Å². The van der Waals surface area contributed by atoms with Gasteiger partial charge in [-0.1, -0.05) is 13.8 Å². The number of rotatable bonds is 4. The van der Waals surface area contributed by atoms with E-state index < -0.39 is 5.60 Å². The third kappa shape index (κ3) is 10.1. The van der Waals surface area contributed by atoms with E-state index in [1.807, 2.05) is 34.6 Å². The Morgan fingerprint density at radius 2 is 1.59 bits per heavy atom. The Balaban J connectivity index is 4.15. The Labute approximate surface area is 105 Å². The Morgan fingerprint density at radius 3 is 1.94 bits per heavy atom. The second-order valence-corrected chi connectivity index (χ2v) is 7.19. The molecule has 0 atom stereocenters. The molecule has 0 unspecified atom stereocenters. The summed E-state index contributed by atoms with van der Waals surface area (Å²) in [7, 11) is 0. The lowest BCUT2D eigenvalue weighted by atomic mass is 9.80. The molecule has 0 aliphatic heterocycles.